The van der Waals surface area contributed by atoms with Crippen LogP contribution in [0.3, 0.4) is 0 Å². The highest BCUT2D eigenvalue weighted by Crippen LogP contribution is 2.38. The van der Waals surface area contributed by atoms with E-state index in [1.165, 1.54) is 19.2 Å². The second-order valence-corrected chi connectivity index (χ2v) is 8.38. The predicted octanol–water partition coefficient (Wildman–Crippen LogP) is 3.98. The second-order valence-electron chi connectivity index (χ2n) is 8.00. The number of halogens is 2. The molecule has 3 aromatic rings. The number of aromatic nitrogens is 2. The molecule has 1 saturated heterocycles. The van der Waals surface area contributed by atoms with Gasteiger partial charge in [-0.3, -0.25) is 0 Å². The molecule has 10 heteroatoms. The summed E-state index contributed by atoms with van der Waals surface area (Å²) in [7, 11) is 1.27. The molecule has 8 nitrogen and oxygen atoms in total. The van der Waals surface area contributed by atoms with Crippen LogP contribution in [0, 0.1) is 5.82 Å². The number of carbonyl (C=O) groups is 1. The van der Waals surface area contributed by atoms with E-state index in [9.17, 15) is 9.18 Å². The Bertz CT molecular complexity index is 1240. The Balaban J connectivity index is 1.56. The maximum absolute atomic E-state index is 14.6. The van der Waals surface area contributed by atoms with Crippen molar-refractivity contribution in [2.45, 2.75) is 19.0 Å². The normalized spacial score (nSPS) is 18.2. The standard InChI is InChI=1S/C23H22ClFN4O4/c1-12(26-17-3-4-19(24)27-21(17)23(30)31-2)16-9-14(25)7-13-8-18-22(28-20(13)16)29-5-6-32-10-15(29)11-33-18/h3-4,7-9,12,15,26H,5-6,10-11H2,1-2H3/t12-,15+/m1/s1. The van der Waals surface area contributed by atoms with Gasteiger partial charge in [-0.05, 0) is 37.3 Å². The third-order valence-corrected chi connectivity index (χ3v) is 6.08. The summed E-state index contributed by atoms with van der Waals surface area (Å²) in [6.07, 6.45) is 0. The third kappa shape index (κ3) is 4.02. The molecule has 0 amide bonds. The quantitative estimate of drug-likeness (QED) is 0.451. The van der Waals surface area contributed by atoms with E-state index < -0.39 is 17.8 Å². The van der Waals surface area contributed by atoms with Crippen LogP contribution in [0.4, 0.5) is 15.9 Å². The first-order chi connectivity index (χ1) is 15.9. The van der Waals surface area contributed by atoms with Crippen LogP contribution in [-0.2, 0) is 9.47 Å². The largest absolute Gasteiger partial charge is 0.487 e. The van der Waals surface area contributed by atoms with Gasteiger partial charge in [0.25, 0.3) is 0 Å². The fourth-order valence-corrected chi connectivity index (χ4v) is 4.41. The molecule has 5 rings (SSSR count). The van der Waals surface area contributed by atoms with E-state index in [-0.39, 0.29) is 16.9 Å². The first-order valence-electron chi connectivity index (χ1n) is 10.6. The number of fused-ring (bicyclic) bond motifs is 4. The maximum Gasteiger partial charge on any atom is 0.358 e. The van der Waals surface area contributed by atoms with Crippen molar-refractivity contribution in [2.75, 3.05) is 43.7 Å². The van der Waals surface area contributed by atoms with Gasteiger partial charge in [0.1, 0.15) is 17.6 Å². The number of esters is 1. The summed E-state index contributed by atoms with van der Waals surface area (Å²) in [6, 6.07) is 7.60. The topological polar surface area (TPSA) is 85.8 Å². The minimum Gasteiger partial charge on any atom is -0.487 e. The molecule has 0 unspecified atom stereocenters. The fraction of sp³-hybridized carbons (Fsp3) is 0.348. The summed E-state index contributed by atoms with van der Waals surface area (Å²) in [4.78, 5) is 23.3. The molecule has 1 fully saturated rings. The van der Waals surface area contributed by atoms with Gasteiger partial charge in [0.2, 0.25) is 0 Å². The van der Waals surface area contributed by atoms with Gasteiger partial charge in [0.15, 0.2) is 17.3 Å². The van der Waals surface area contributed by atoms with Gasteiger partial charge in [0.05, 0.1) is 43.6 Å². The number of benzene rings is 1. The molecule has 1 aromatic carbocycles. The molecule has 1 N–H and O–H groups in total. The summed E-state index contributed by atoms with van der Waals surface area (Å²) >= 11 is 5.96. The number of nitrogens with zero attached hydrogens (tertiary/aromatic N) is 3. The molecular formula is C23H22ClFN4O4. The summed E-state index contributed by atoms with van der Waals surface area (Å²) in [5, 5.41) is 4.03. The zero-order chi connectivity index (χ0) is 23.1. The number of morpholine rings is 1. The molecule has 0 radical (unpaired) electrons. The van der Waals surface area contributed by atoms with E-state index in [1.807, 2.05) is 13.0 Å². The van der Waals surface area contributed by atoms with Crippen molar-refractivity contribution in [3.8, 4) is 5.75 Å². The molecule has 0 saturated carbocycles. The monoisotopic (exact) mass is 472 g/mol. The minimum absolute atomic E-state index is 0.0486. The average molecular weight is 473 g/mol. The van der Waals surface area contributed by atoms with Gasteiger partial charge >= 0.3 is 5.97 Å². The van der Waals surface area contributed by atoms with Crippen LogP contribution in [0.5, 0.6) is 5.75 Å². The number of anilines is 2. The van der Waals surface area contributed by atoms with E-state index in [1.54, 1.807) is 12.1 Å². The zero-order valence-electron chi connectivity index (χ0n) is 18.1. The number of nitrogens with one attached hydrogen (secondary N) is 1. The molecule has 0 spiro atoms. The lowest BCUT2D eigenvalue weighted by Gasteiger charge is -2.40. The highest BCUT2D eigenvalue weighted by Gasteiger charge is 2.32. The highest BCUT2D eigenvalue weighted by molar-refractivity contribution is 6.29. The van der Waals surface area contributed by atoms with Crippen LogP contribution < -0.4 is 15.0 Å². The minimum atomic E-state index is -0.626. The summed E-state index contributed by atoms with van der Waals surface area (Å²) < 4.78 is 30.9. The van der Waals surface area contributed by atoms with Gasteiger partial charge in [-0.2, -0.15) is 0 Å². The second kappa shape index (κ2) is 8.64. The van der Waals surface area contributed by atoms with Crippen molar-refractivity contribution in [1.82, 2.24) is 9.97 Å². The van der Waals surface area contributed by atoms with Gasteiger partial charge in [-0.25, -0.2) is 19.2 Å². The molecule has 4 heterocycles. The van der Waals surface area contributed by atoms with Crippen molar-refractivity contribution < 1.29 is 23.4 Å². The van der Waals surface area contributed by atoms with E-state index in [4.69, 9.17) is 30.8 Å². The average Bonchev–Trinajstić information content (AvgIpc) is 2.82. The van der Waals surface area contributed by atoms with Gasteiger partial charge < -0.3 is 24.4 Å². The van der Waals surface area contributed by atoms with Crippen LogP contribution in [0.15, 0.2) is 30.3 Å². The van der Waals surface area contributed by atoms with Gasteiger partial charge in [-0.15, -0.1) is 0 Å². The molecule has 0 bridgehead atoms. The van der Waals surface area contributed by atoms with Crippen LogP contribution >= 0.6 is 11.6 Å². The Morgan fingerprint density at radius 2 is 2.15 bits per heavy atom. The molecule has 172 valence electrons. The van der Waals surface area contributed by atoms with Crippen LogP contribution in [-0.4, -0.2) is 55.5 Å². The number of carbonyl (C=O) groups excluding carboxylic acids is 1. The van der Waals surface area contributed by atoms with E-state index in [0.717, 1.165) is 5.82 Å². The van der Waals surface area contributed by atoms with Crippen LogP contribution in [0.2, 0.25) is 5.15 Å². The Morgan fingerprint density at radius 1 is 1.30 bits per heavy atom. The maximum atomic E-state index is 14.6. The Morgan fingerprint density at radius 3 is 2.97 bits per heavy atom. The Kier molecular flexibility index (Phi) is 5.67. The van der Waals surface area contributed by atoms with Crippen LogP contribution in [0.1, 0.15) is 29.0 Å². The first-order valence-corrected chi connectivity index (χ1v) is 10.9. The van der Waals surface area contributed by atoms with E-state index in [0.29, 0.717) is 54.3 Å². The van der Waals surface area contributed by atoms with Crippen molar-refractivity contribution in [1.29, 1.82) is 0 Å². The van der Waals surface area contributed by atoms with Crippen LogP contribution in [0.25, 0.3) is 10.9 Å². The van der Waals surface area contributed by atoms with Crippen molar-refractivity contribution in [2.24, 2.45) is 0 Å². The smallest absolute Gasteiger partial charge is 0.358 e. The van der Waals surface area contributed by atoms with E-state index >= 15 is 0 Å². The molecule has 2 aliphatic rings. The van der Waals surface area contributed by atoms with Crippen molar-refractivity contribution >= 4 is 40.0 Å². The Hall–Kier alpha value is -3.17. The first kappa shape index (κ1) is 21.7. The van der Waals surface area contributed by atoms with Gasteiger partial charge in [0, 0.05) is 17.5 Å². The molecule has 33 heavy (non-hydrogen) atoms. The third-order valence-electron chi connectivity index (χ3n) is 5.87. The summed E-state index contributed by atoms with van der Waals surface area (Å²) in [6.45, 7) is 4.26. The Labute approximate surface area is 194 Å². The number of hydrogen-bond donors (Lipinski definition) is 1. The number of methoxy groups -OCH3 is 1. The predicted molar refractivity (Wildman–Crippen MR) is 122 cm³/mol. The number of rotatable bonds is 4. The molecular weight excluding hydrogens is 451 g/mol. The summed E-state index contributed by atoms with van der Waals surface area (Å²) in [5.41, 5.74) is 1.75. The lowest BCUT2D eigenvalue weighted by Crippen LogP contribution is -2.51. The summed E-state index contributed by atoms with van der Waals surface area (Å²) in [5.74, 6) is 0.340. The van der Waals surface area contributed by atoms with Crippen molar-refractivity contribution in [3.05, 3.63) is 52.6 Å². The number of hydrogen-bond acceptors (Lipinski definition) is 8. The lowest BCUT2D eigenvalue weighted by molar-refractivity contribution is 0.0595. The molecule has 0 aliphatic carbocycles. The van der Waals surface area contributed by atoms with E-state index in [2.05, 4.69) is 15.2 Å². The highest BCUT2D eigenvalue weighted by atomic mass is 35.5. The lowest BCUT2D eigenvalue weighted by atomic mass is 10.0. The zero-order valence-corrected chi connectivity index (χ0v) is 18.9. The molecule has 2 aromatic heterocycles. The molecule has 2 aliphatic heterocycles. The fourth-order valence-electron chi connectivity index (χ4n) is 4.26. The molecule has 2 atom stereocenters. The SMILES string of the molecule is COC(=O)c1nc(Cl)ccc1N[C@H](C)c1cc(F)cc2cc3c(nc12)N1CCOC[C@H]1CO3. The number of pyridine rings is 2. The van der Waals surface area contributed by atoms with Crippen molar-refractivity contribution in [3.63, 3.8) is 0 Å². The van der Waals surface area contributed by atoms with Gasteiger partial charge in [-0.1, -0.05) is 11.6 Å². The number of ether oxygens (including phenoxy) is 3.